The summed E-state index contributed by atoms with van der Waals surface area (Å²) in [6.07, 6.45) is 1.98. The first-order valence-corrected chi connectivity index (χ1v) is 12.4. The molecule has 0 bridgehead atoms. The van der Waals surface area contributed by atoms with Gasteiger partial charge in [0.15, 0.2) is 0 Å². The average Bonchev–Trinajstić information content (AvgIpc) is 3.21. The van der Waals surface area contributed by atoms with E-state index in [4.69, 9.17) is 0 Å². The zero-order valence-electron chi connectivity index (χ0n) is 20.2. The monoisotopic (exact) mass is 465 g/mol. The number of nitrogens with zero attached hydrogens (tertiary/aromatic N) is 2. The van der Waals surface area contributed by atoms with Crippen molar-refractivity contribution in [2.24, 2.45) is 11.8 Å². The molecule has 2 N–H and O–H groups in total. The lowest BCUT2D eigenvalue weighted by atomic mass is 9.96. The summed E-state index contributed by atoms with van der Waals surface area (Å²) in [7, 11) is 0. The summed E-state index contributed by atoms with van der Waals surface area (Å²) in [5, 5.41) is 14.8. The molecule has 2 aromatic carbocycles. The number of benzene rings is 2. The Balaban J connectivity index is 1.98. The first-order valence-electron chi connectivity index (χ1n) is 11.6. The van der Waals surface area contributed by atoms with Crippen molar-refractivity contribution in [3.8, 4) is 10.6 Å². The van der Waals surface area contributed by atoms with Crippen molar-refractivity contribution in [1.29, 1.82) is 0 Å². The van der Waals surface area contributed by atoms with Gasteiger partial charge < -0.3 is 15.3 Å². The number of aromatic nitrogens is 1. The molecule has 1 unspecified atom stereocenters. The first-order chi connectivity index (χ1) is 15.7. The number of carboxylic acids is 1. The number of nitrogens with one attached hydrogen (secondary N) is 1. The normalized spacial score (nSPS) is 12.2. The molecule has 0 fully saturated rings. The molecule has 0 amide bonds. The maximum absolute atomic E-state index is 11.3. The van der Waals surface area contributed by atoms with Crippen LogP contribution in [0.3, 0.4) is 0 Å². The molecule has 1 atom stereocenters. The van der Waals surface area contributed by atoms with Crippen LogP contribution in [0, 0.1) is 11.8 Å². The Morgan fingerprint density at radius 3 is 2.30 bits per heavy atom. The summed E-state index contributed by atoms with van der Waals surface area (Å²) < 4.78 is 0. The number of anilines is 3. The zero-order valence-corrected chi connectivity index (χ0v) is 21.0. The van der Waals surface area contributed by atoms with E-state index < -0.39 is 5.97 Å². The molecule has 0 spiro atoms. The second kappa shape index (κ2) is 11.3. The Kier molecular flexibility index (Phi) is 8.50. The maximum Gasteiger partial charge on any atom is 0.303 e. The molecule has 5 nitrogen and oxygen atoms in total. The molecule has 3 aromatic rings. The van der Waals surface area contributed by atoms with Gasteiger partial charge >= 0.3 is 5.97 Å². The highest BCUT2D eigenvalue weighted by atomic mass is 32.1. The molecule has 6 heteroatoms. The molecular weight excluding hydrogens is 430 g/mol. The van der Waals surface area contributed by atoms with Gasteiger partial charge in [0.2, 0.25) is 0 Å². The van der Waals surface area contributed by atoms with Gasteiger partial charge in [-0.05, 0) is 35.4 Å². The summed E-state index contributed by atoms with van der Waals surface area (Å²) in [6.45, 7) is 12.8. The van der Waals surface area contributed by atoms with Crippen molar-refractivity contribution < 1.29 is 9.90 Å². The molecule has 0 radical (unpaired) electrons. The Hall–Kier alpha value is -2.86. The minimum absolute atomic E-state index is 0.0675. The predicted octanol–water partition coefficient (Wildman–Crippen LogP) is 7.25. The molecule has 176 valence electrons. The second-order valence-electron chi connectivity index (χ2n) is 9.49. The molecule has 3 rings (SSSR count). The lowest BCUT2D eigenvalue weighted by molar-refractivity contribution is -0.137. The fourth-order valence-corrected chi connectivity index (χ4v) is 4.78. The van der Waals surface area contributed by atoms with Gasteiger partial charge in [0.05, 0.1) is 24.0 Å². The van der Waals surface area contributed by atoms with E-state index >= 15 is 0 Å². The molecule has 0 saturated heterocycles. The topological polar surface area (TPSA) is 65.5 Å². The van der Waals surface area contributed by atoms with Crippen LogP contribution in [0.25, 0.3) is 10.6 Å². The van der Waals surface area contributed by atoms with E-state index in [2.05, 4.69) is 73.2 Å². The highest BCUT2D eigenvalue weighted by Gasteiger charge is 2.18. The molecule has 33 heavy (non-hydrogen) atoms. The van der Waals surface area contributed by atoms with Crippen molar-refractivity contribution in [2.75, 3.05) is 23.3 Å². The lowest BCUT2D eigenvalue weighted by Gasteiger charge is -2.31. The van der Waals surface area contributed by atoms with Gasteiger partial charge in [0.1, 0.15) is 10.0 Å². The standard InChI is InChI=1S/C27H35N3O2S/c1-18(2)16-30(17-19(3)4)24-12-11-22(20(5)13-26(31)32)14-23(24)29-25-15-28-27(33-25)21-9-7-6-8-10-21/h6-12,14-15,18-20,29H,13,16-17H2,1-5H3,(H,31,32). The lowest BCUT2D eigenvalue weighted by Crippen LogP contribution is -2.31. The number of carboxylic acid groups (broad SMARTS) is 1. The maximum atomic E-state index is 11.3. The van der Waals surface area contributed by atoms with Crippen molar-refractivity contribution >= 4 is 33.7 Å². The van der Waals surface area contributed by atoms with Crippen LogP contribution < -0.4 is 10.2 Å². The van der Waals surface area contributed by atoms with E-state index in [0.29, 0.717) is 11.8 Å². The largest absolute Gasteiger partial charge is 0.481 e. The van der Waals surface area contributed by atoms with Gasteiger partial charge in [-0.3, -0.25) is 4.79 Å². The zero-order chi connectivity index (χ0) is 24.0. The summed E-state index contributed by atoms with van der Waals surface area (Å²) in [5.41, 5.74) is 4.25. The smallest absolute Gasteiger partial charge is 0.303 e. The van der Waals surface area contributed by atoms with Gasteiger partial charge in [0, 0.05) is 18.7 Å². The van der Waals surface area contributed by atoms with E-state index in [1.165, 1.54) is 0 Å². The Morgan fingerprint density at radius 2 is 1.70 bits per heavy atom. The third-order valence-electron chi connectivity index (χ3n) is 5.37. The SMILES string of the molecule is CC(C)CN(CC(C)C)c1ccc(C(C)CC(=O)O)cc1Nc1cnc(-c2ccccc2)s1. The van der Waals surface area contributed by atoms with E-state index in [-0.39, 0.29) is 12.3 Å². The first kappa shape index (κ1) is 24.8. The van der Waals surface area contributed by atoms with Gasteiger partial charge in [-0.2, -0.15) is 0 Å². The molecule has 0 aliphatic heterocycles. The van der Waals surface area contributed by atoms with Crippen LogP contribution in [0.2, 0.25) is 0 Å². The average molecular weight is 466 g/mol. The van der Waals surface area contributed by atoms with Crippen LogP contribution in [0.4, 0.5) is 16.4 Å². The third-order valence-corrected chi connectivity index (χ3v) is 6.33. The fraction of sp³-hybridized carbons (Fsp3) is 0.407. The number of carbonyl (C=O) groups is 1. The van der Waals surface area contributed by atoms with Crippen LogP contribution in [-0.2, 0) is 4.79 Å². The van der Waals surface area contributed by atoms with Crippen molar-refractivity contribution in [3.63, 3.8) is 0 Å². The van der Waals surface area contributed by atoms with Crippen molar-refractivity contribution in [1.82, 2.24) is 4.98 Å². The van der Waals surface area contributed by atoms with Crippen LogP contribution in [-0.4, -0.2) is 29.1 Å². The minimum Gasteiger partial charge on any atom is -0.481 e. The van der Waals surface area contributed by atoms with Crippen LogP contribution in [0.15, 0.2) is 54.7 Å². The summed E-state index contributed by atoms with van der Waals surface area (Å²) in [5.74, 6) is 0.199. The van der Waals surface area contributed by atoms with Gasteiger partial charge in [0.25, 0.3) is 0 Å². The van der Waals surface area contributed by atoms with Gasteiger partial charge in [-0.15, -0.1) is 0 Å². The number of hydrogen-bond acceptors (Lipinski definition) is 5. The van der Waals surface area contributed by atoms with Crippen molar-refractivity contribution in [2.45, 2.75) is 47.0 Å². The number of rotatable bonds is 11. The summed E-state index contributed by atoms with van der Waals surface area (Å²) in [4.78, 5) is 18.3. The van der Waals surface area contributed by atoms with Crippen LogP contribution in [0.1, 0.15) is 52.5 Å². The van der Waals surface area contributed by atoms with Crippen molar-refractivity contribution in [3.05, 3.63) is 60.3 Å². The molecule has 0 aliphatic carbocycles. The fourth-order valence-electron chi connectivity index (χ4n) is 3.95. The highest BCUT2D eigenvalue weighted by Crippen LogP contribution is 2.37. The number of thiazole rings is 1. The molecular formula is C27H35N3O2S. The van der Waals surface area contributed by atoms with E-state index in [1.807, 2.05) is 31.3 Å². The van der Waals surface area contributed by atoms with Gasteiger partial charge in [-0.25, -0.2) is 4.98 Å². The van der Waals surface area contributed by atoms with E-state index in [9.17, 15) is 9.90 Å². The Bertz CT molecular complexity index is 1040. The quantitative estimate of drug-likeness (QED) is 0.312. The van der Waals surface area contributed by atoms with Gasteiger partial charge in [-0.1, -0.05) is 82.4 Å². The highest BCUT2D eigenvalue weighted by molar-refractivity contribution is 7.19. The predicted molar refractivity (Wildman–Crippen MR) is 140 cm³/mol. The number of aliphatic carboxylic acids is 1. The molecule has 1 aromatic heterocycles. The van der Waals surface area contributed by atoms with E-state index in [1.54, 1.807) is 11.3 Å². The Labute approximate surface area is 201 Å². The number of hydrogen-bond donors (Lipinski definition) is 2. The third kappa shape index (κ3) is 7.06. The van der Waals surface area contributed by atoms with E-state index in [0.717, 1.165) is 45.6 Å². The second-order valence-corrected chi connectivity index (χ2v) is 10.5. The minimum atomic E-state index is -0.780. The van der Waals surface area contributed by atoms with Crippen LogP contribution in [0.5, 0.6) is 0 Å². The molecule has 1 heterocycles. The summed E-state index contributed by atoms with van der Waals surface area (Å²) >= 11 is 1.62. The summed E-state index contributed by atoms with van der Waals surface area (Å²) in [6, 6.07) is 16.5. The molecule has 0 aliphatic rings. The van der Waals surface area contributed by atoms with Crippen LogP contribution >= 0.6 is 11.3 Å². The molecule has 0 saturated carbocycles. The Morgan fingerprint density at radius 1 is 1.03 bits per heavy atom.